The summed E-state index contributed by atoms with van der Waals surface area (Å²) in [6, 6.07) is 5.93. The minimum Gasteiger partial charge on any atom is -0.395 e. The van der Waals surface area contributed by atoms with Crippen LogP contribution in [0.15, 0.2) is 24.3 Å². The zero-order chi connectivity index (χ0) is 15.0. The van der Waals surface area contributed by atoms with Gasteiger partial charge in [-0.15, -0.1) is 0 Å². The molecule has 3 N–H and O–H groups in total. The lowest BCUT2D eigenvalue weighted by Gasteiger charge is -2.20. The van der Waals surface area contributed by atoms with Crippen molar-refractivity contribution in [1.29, 1.82) is 0 Å². The summed E-state index contributed by atoms with van der Waals surface area (Å²) in [7, 11) is 0. The maximum absolute atomic E-state index is 13.3. The van der Waals surface area contributed by atoms with Crippen LogP contribution in [0.5, 0.6) is 0 Å². The summed E-state index contributed by atoms with van der Waals surface area (Å²) in [4.78, 5) is 14.1. The van der Waals surface area contributed by atoms with Crippen LogP contribution in [0.2, 0.25) is 0 Å². The third-order valence-corrected chi connectivity index (χ3v) is 3.70. The van der Waals surface area contributed by atoms with Gasteiger partial charge in [-0.2, -0.15) is 5.10 Å². The molecule has 0 radical (unpaired) electrons. The van der Waals surface area contributed by atoms with Crippen LogP contribution in [0, 0.1) is 5.82 Å². The van der Waals surface area contributed by atoms with Gasteiger partial charge < -0.3 is 10.6 Å². The third-order valence-electron chi connectivity index (χ3n) is 3.70. The van der Waals surface area contributed by atoms with Gasteiger partial charge in [-0.25, -0.2) is 4.39 Å². The van der Waals surface area contributed by atoms with Crippen molar-refractivity contribution >= 4 is 17.3 Å². The fourth-order valence-electron chi connectivity index (χ4n) is 2.43. The quantitative estimate of drug-likeness (QED) is 0.908. The number of halogens is 1. The van der Waals surface area contributed by atoms with Crippen LogP contribution in [-0.4, -0.2) is 22.6 Å². The first kappa shape index (κ1) is 13.6. The first-order valence-corrected chi connectivity index (χ1v) is 7.03. The van der Waals surface area contributed by atoms with Gasteiger partial charge in [0.15, 0.2) is 5.69 Å². The Kier molecular flexibility index (Phi) is 3.37. The summed E-state index contributed by atoms with van der Waals surface area (Å²) in [6.07, 6.45) is 2.14. The standard InChI is InChI=1S/C15H17FN4O/c1-2-20(11-5-3-4-10(16)8-11)15(21)14-12(17)13(18-19-14)9-6-7-9/h3-5,8-9H,2,6-7,17H2,1H3,(H,18,19). The predicted molar refractivity (Wildman–Crippen MR) is 78.7 cm³/mol. The number of rotatable bonds is 4. The predicted octanol–water partition coefficient (Wildman–Crippen LogP) is 2.68. The number of nitrogens with one attached hydrogen (secondary N) is 1. The number of nitrogens with zero attached hydrogens (tertiary/aromatic N) is 2. The third kappa shape index (κ3) is 2.49. The summed E-state index contributed by atoms with van der Waals surface area (Å²) in [5.74, 6) is -0.306. The number of nitrogens with two attached hydrogens (primary N) is 1. The van der Waals surface area contributed by atoms with Crippen LogP contribution in [0.4, 0.5) is 15.8 Å². The van der Waals surface area contributed by atoms with E-state index in [2.05, 4.69) is 10.2 Å². The number of aromatic amines is 1. The van der Waals surface area contributed by atoms with Gasteiger partial charge in [0.1, 0.15) is 5.82 Å². The van der Waals surface area contributed by atoms with Crippen molar-refractivity contribution in [3.05, 3.63) is 41.5 Å². The molecule has 1 heterocycles. The number of carbonyl (C=O) groups excluding carboxylic acids is 1. The Bertz CT molecular complexity index is 678. The Hall–Kier alpha value is -2.37. The minimum absolute atomic E-state index is 0.211. The van der Waals surface area contributed by atoms with E-state index in [-0.39, 0.29) is 17.4 Å². The Morgan fingerprint density at radius 2 is 2.29 bits per heavy atom. The average molecular weight is 288 g/mol. The SMILES string of the molecule is CCN(C(=O)c1n[nH]c(C2CC2)c1N)c1cccc(F)c1. The number of anilines is 2. The normalized spacial score (nSPS) is 14.2. The molecule has 2 aromatic rings. The summed E-state index contributed by atoms with van der Waals surface area (Å²) >= 11 is 0. The van der Waals surface area contributed by atoms with Crippen molar-refractivity contribution in [2.75, 3.05) is 17.2 Å². The van der Waals surface area contributed by atoms with Crippen molar-refractivity contribution in [3.8, 4) is 0 Å². The van der Waals surface area contributed by atoms with E-state index in [1.807, 2.05) is 6.92 Å². The molecule has 1 amide bonds. The zero-order valence-corrected chi connectivity index (χ0v) is 11.8. The largest absolute Gasteiger partial charge is 0.395 e. The van der Waals surface area contributed by atoms with Gasteiger partial charge >= 0.3 is 0 Å². The van der Waals surface area contributed by atoms with Gasteiger partial charge in [-0.1, -0.05) is 6.07 Å². The maximum Gasteiger partial charge on any atom is 0.280 e. The highest BCUT2D eigenvalue weighted by Crippen LogP contribution is 2.42. The van der Waals surface area contributed by atoms with Crippen LogP contribution in [0.25, 0.3) is 0 Å². The van der Waals surface area contributed by atoms with Gasteiger partial charge in [-0.3, -0.25) is 9.89 Å². The molecule has 0 atom stereocenters. The molecule has 0 unspecified atom stereocenters. The van der Waals surface area contributed by atoms with Gasteiger partial charge in [0.2, 0.25) is 0 Å². The lowest BCUT2D eigenvalue weighted by Crippen LogP contribution is -2.31. The summed E-state index contributed by atoms with van der Waals surface area (Å²) < 4.78 is 13.3. The molecule has 1 aliphatic rings. The lowest BCUT2D eigenvalue weighted by molar-refractivity contribution is 0.0984. The molecule has 3 rings (SSSR count). The van der Waals surface area contributed by atoms with E-state index in [4.69, 9.17) is 5.73 Å². The monoisotopic (exact) mass is 288 g/mol. The number of aromatic nitrogens is 2. The number of nitrogen functional groups attached to an aromatic ring is 1. The second kappa shape index (κ2) is 5.20. The molecule has 1 fully saturated rings. The molecule has 5 nitrogen and oxygen atoms in total. The molecule has 21 heavy (non-hydrogen) atoms. The number of amides is 1. The van der Waals surface area contributed by atoms with E-state index in [0.717, 1.165) is 18.5 Å². The highest BCUT2D eigenvalue weighted by molar-refractivity contribution is 6.08. The summed E-state index contributed by atoms with van der Waals surface area (Å²) in [5.41, 5.74) is 8.00. The van der Waals surface area contributed by atoms with E-state index in [1.165, 1.54) is 17.0 Å². The van der Waals surface area contributed by atoms with Gasteiger partial charge in [-0.05, 0) is 38.0 Å². The molecular weight excluding hydrogens is 271 g/mol. The Morgan fingerprint density at radius 1 is 1.52 bits per heavy atom. The maximum atomic E-state index is 13.3. The molecule has 6 heteroatoms. The average Bonchev–Trinajstić information content (AvgIpc) is 3.23. The van der Waals surface area contributed by atoms with Crippen LogP contribution < -0.4 is 10.6 Å². The molecule has 0 spiro atoms. The van der Waals surface area contributed by atoms with Crippen LogP contribution in [-0.2, 0) is 0 Å². The molecule has 0 saturated heterocycles. The van der Waals surface area contributed by atoms with E-state index in [0.29, 0.717) is 23.8 Å². The molecule has 1 aliphatic carbocycles. The number of benzene rings is 1. The van der Waals surface area contributed by atoms with Crippen molar-refractivity contribution in [2.24, 2.45) is 0 Å². The molecule has 1 aromatic heterocycles. The van der Waals surface area contributed by atoms with Crippen molar-refractivity contribution in [1.82, 2.24) is 10.2 Å². The van der Waals surface area contributed by atoms with Gasteiger partial charge in [0.05, 0.1) is 11.4 Å². The Balaban J connectivity index is 1.92. The lowest BCUT2D eigenvalue weighted by atomic mass is 10.2. The van der Waals surface area contributed by atoms with E-state index in [1.54, 1.807) is 12.1 Å². The Labute approximate surface area is 121 Å². The molecule has 1 saturated carbocycles. The zero-order valence-electron chi connectivity index (χ0n) is 11.8. The topological polar surface area (TPSA) is 75.0 Å². The molecule has 1 aromatic carbocycles. The number of carbonyl (C=O) groups is 1. The first-order chi connectivity index (χ1) is 10.1. The van der Waals surface area contributed by atoms with Crippen molar-refractivity contribution in [2.45, 2.75) is 25.7 Å². The van der Waals surface area contributed by atoms with E-state index < -0.39 is 0 Å². The first-order valence-electron chi connectivity index (χ1n) is 7.03. The minimum atomic E-state index is -0.382. The molecule has 110 valence electrons. The van der Waals surface area contributed by atoms with Gasteiger partial charge in [0, 0.05) is 18.2 Å². The van der Waals surface area contributed by atoms with Crippen molar-refractivity contribution < 1.29 is 9.18 Å². The van der Waals surface area contributed by atoms with E-state index in [9.17, 15) is 9.18 Å². The molecule has 0 aliphatic heterocycles. The number of hydrogen-bond donors (Lipinski definition) is 2. The number of H-pyrrole nitrogens is 1. The second-order valence-electron chi connectivity index (χ2n) is 5.20. The molecular formula is C15H17FN4O. The van der Waals surface area contributed by atoms with Crippen molar-refractivity contribution in [3.63, 3.8) is 0 Å². The van der Waals surface area contributed by atoms with Crippen LogP contribution >= 0.6 is 0 Å². The Morgan fingerprint density at radius 3 is 2.90 bits per heavy atom. The smallest absolute Gasteiger partial charge is 0.280 e. The highest BCUT2D eigenvalue weighted by Gasteiger charge is 2.31. The van der Waals surface area contributed by atoms with Crippen LogP contribution in [0.1, 0.15) is 41.9 Å². The van der Waals surface area contributed by atoms with E-state index >= 15 is 0 Å². The van der Waals surface area contributed by atoms with Gasteiger partial charge in [0.25, 0.3) is 5.91 Å². The van der Waals surface area contributed by atoms with Crippen LogP contribution in [0.3, 0.4) is 0 Å². The molecule has 0 bridgehead atoms. The highest BCUT2D eigenvalue weighted by atomic mass is 19.1. The fraction of sp³-hybridized carbons (Fsp3) is 0.333. The fourth-order valence-corrected chi connectivity index (χ4v) is 2.43. The second-order valence-corrected chi connectivity index (χ2v) is 5.20. The summed E-state index contributed by atoms with van der Waals surface area (Å²) in [5, 5.41) is 6.92. The summed E-state index contributed by atoms with van der Waals surface area (Å²) in [6.45, 7) is 2.24. The number of hydrogen-bond acceptors (Lipinski definition) is 3.